The number of hydrogen-bond donors (Lipinski definition) is 3. The fourth-order valence-corrected chi connectivity index (χ4v) is 6.56. The van der Waals surface area contributed by atoms with Gasteiger partial charge in [-0.05, 0) is 70.0 Å². The molecule has 2 bridgehead atoms. The van der Waals surface area contributed by atoms with Crippen molar-refractivity contribution in [2.45, 2.75) is 57.4 Å². The van der Waals surface area contributed by atoms with Gasteiger partial charge in [0, 0.05) is 30.2 Å². The second-order valence-electron chi connectivity index (χ2n) is 10.4. The minimum atomic E-state index is -1.12. The zero-order valence-corrected chi connectivity index (χ0v) is 22.1. The Labute approximate surface area is 223 Å². The second kappa shape index (κ2) is 10.4. The van der Waals surface area contributed by atoms with Crippen LogP contribution < -0.4 is 15.5 Å². The van der Waals surface area contributed by atoms with Gasteiger partial charge in [0.15, 0.2) is 0 Å². The van der Waals surface area contributed by atoms with E-state index in [4.69, 9.17) is 4.74 Å². The summed E-state index contributed by atoms with van der Waals surface area (Å²) in [6.45, 7) is 7.34. The number of anilines is 3. The molecule has 3 heterocycles. The van der Waals surface area contributed by atoms with Gasteiger partial charge in [-0.3, -0.25) is 14.4 Å². The van der Waals surface area contributed by atoms with Crippen molar-refractivity contribution in [1.82, 2.24) is 4.90 Å². The number of likely N-dealkylation sites (tertiary alicyclic amines) is 1. The van der Waals surface area contributed by atoms with Gasteiger partial charge in [0.2, 0.25) is 17.7 Å². The maximum absolute atomic E-state index is 13.9. The number of carbonyl (C=O) groups excluding carboxylic acids is 3. The fraction of sp³-hybridized carbons (Fsp3) is 0.483. The number of carbonyl (C=O) groups is 3. The number of hydrogen-bond acceptors (Lipinski definition) is 6. The zero-order chi connectivity index (χ0) is 27.0. The number of para-hydroxylation sites is 1. The molecule has 5 rings (SSSR count). The molecule has 38 heavy (non-hydrogen) atoms. The molecule has 3 aliphatic heterocycles. The quantitative estimate of drug-likeness (QED) is 0.469. The highest BCUT2D eigenvalue weighted by Gasteiger charge is 2.74. The van der Waals surface area contributed by atoms with E-state index < -0.39 is 35.6 Å². The first-order chi connectivity index (χ1) is 18.3. The van der Waals surface area contributed by atoms with Crippen molar-refractivity contribution in [1.29, 1.82) is 0 Å². The number of ether oxygens (including phenoxy) is 1. The number of nitrogens with one attached hydrogen (secondary N) is 2. The van der Waals surface area contributed by atoms with Crippen molar-refractivity contribution in [2.24, 2.45) is 11.8 Å². The van der Waals surface area contributed by atoms with Gasteiger partial charge in [0.05, 0.1) is 30.6 Å². The summed E-state index contributed by atoms with van der Waals surface area (Å²) in [7, 11) is 0. The second-order valence-corrected chi connectivity index (χ2v) is 10.4. The van der Waals surface area contributed by atoms with E-state index in [1.807, 2.05) is 42.5 Å². The van der Waals surface area contributed by atoms with Crippen molar-refractivity contribution in [3.8, 4) is 0 Å². The Morgan fingerprint density at radius 2 is 1.68 bits per heavy atom. The number of aliphatic hydroxyl groups excluding tert-OH is 1. The van der Waals surface area contributed by atoms with Gasteiger partial charge in [0.25, 0.3) is 0 Å². The number of fused-ring (bicyclic) bond motifs is 1. The van der Waals surface area contributed by atoms with E-state index in [1.165, 1.54) is 4.90 Å². The molecule has 3 N–H and O–H groups in total. The Morgan fingerprint density at radius 3 is 2.32 bits per heavy atom. The minimum Gasteiger partial charge on any atom is -0.394 e. The fourth-order valence-electron chi connectivity index (χ4n) is 6.56. The van der Waals surface area contributed by atoms with Crippen LogP contribution in [0.5, 0.6) is 0 Å². The third-order valence-corrected chi connectivity index (χ3v) is 8.33. The van der Waals surface area contributed by atoms with Gasteiger partial charge < -0.3 is 30.3 Å². The first-order valence-electron chi connectivity index (χ1n) is 13.5. The SMILES string of the molecule is CCN(CC)c1ccc(NC(=O)C2N([C@H](C)CO)C(=O)[C@@H]3[C@@H](C(=O)Nc4ccccc4)[C@H]4CCC23O4)cc1. The van der Waals surface area contributed by atoms with Crippen molar-refractivity contribution in [3.63, 3.8) is 0 Å². The minimum absolute atomic E-state index is 0.286. The van der Waals surface area contributed by atoms with Gasteiger partial charge in [-0.2, -0.15) is 0 Å². The summed E-state index contributed by atoms with van der Waals surface area (Å²) in [5.41, 5.74) is 1.20. The summed E-state index contributed by atoms with van der Waals surface area (Å²) in [5, 5.41) is 15.9. The predicted octanol–water partition coefficient (Wildman–Crippen LogP) is 2.87. The highest BCUT2D eigenvalue weighted by molar-refractivity contribution is 6.05. The summed E-state index contributed by atoms with van der Waals surface area (Å²) in [4.78, 5) is 44.8. The number of rotatable bonds is 9. The molecule has 0 aliphatic carbocycles. The molecule has 3 aliphatic rings. The lowest BCUT2D eigenvalue weighted by Crippen LogP contribution is -2.55. The van der Waals surface area contributed by atoms with Crippen molar-refractivity contribution >= 4 is 34.8 Å². The Kier molecular flexibility index (Phi) is 7.15. The average molecular weight is 521 g/mol. The third kappa shape index (κ3) is 4.23. The molecule has 3 saturated heterocycles. The molecule has 2 unspecified atom stereocenters. The summed E-state index contributed by atoms with van der Waals surface area (Å²) >= 11 is 0. The van der Waals surface area contributed by atoms with E-state index in [0.717, 1.165) is 18.8 Å². The van der Waals surface area contributed by atoms with Gasteiger partial charge in [0.1, 0.15) is 11.6 Å². The number of amides is 3. The van der Waals surface area contributed by atoms with Crippen LogP contribution in [0.15, 0.2) is 54.6 Å². The first kappa shape index (κ1) is 26.2. The lowest BCUT2D eigenvalue weighted by molar-refractivity contribution is -0.142. The smallest absolute Gasteiger partial charge is 0.250 e. The van der Waals surface area contributed by atoms with Gasteiger partial charge in [-0.25, -0.2) is 0 Å². The van der Waals surface area contributed by atoms with Crippen molar-refractivity contribution in [2.75, 3.05) is 35.2 Å². The van der Waals surface area contributed by atoms with E-state index >= 15 is 0 Å². The molecular weight excluding hydrogens is 484 g/mol. The largest absolute Gasteiger partial charge is 0.394 e. The molecule has 3 amide bonds. The number of benzene rings is 2. The van der Waals surface area contributed by atoms with Gasteiger partial charge in [-0.1, -0.05) is 18.2 Å². The van der Waals surface area contributed by atoms with Crippen LogP contribution >= 0.6 is 0 Å². The van der Waals surface area contributed by atoms with E-state index in [9.17, 15) is 19.5 Å². The van der Waals surface area contributed by atoms with Gasteiger partial charge in [-0.15, -0.1) is 0 Å². The van der Waals surface area contributed by atoms with E-state index in [1.54, 1.807) is 19.1 Å². The summed E-state index contributed by atoms with van der Waals surface area (Å²) in [5.74, 6) is -2.48. The average Bonchev–Trinajstić information content (AvgIpc) is 3.57. The van der Waals surface area contributed by atoms with Crippen LogP contribution in [-0.4, -0.2) is 71.2 Å². The molecular formula is C29H36N4O5. The predicted molar refractivity (Wildman–Crippen MR) is 145 cm³/mol. The highest BCUT2D eigenvalue weighted by Crippen LogP contribution is 2.59. The van der Waals surface area contributed by atoms with Crippen LogP contribution in [0, 0.1) is 11.8 Å². The normalized spacial score (nSPS) is 28.2. The Morgan fingerprint density at radius 1 is 1.05 bits per heavy atom. The third-order valence-electron chi connectivity index (χ3n) is 8.33. The van der Waals surface area contributed by atoms with E-state index in [2.05, 4.69) is 29.4 Å². The number of aliphatic hydroxyl groups is 1. The molecule has 0 saturated carbocycles. The lowest BCUT2D eigenvalue weighted by atomic mass is 9.70. The summed E-state index contributed by atoms with van der Waals surface area (Å²) in [6.07, 6.45) is 0.639. The monoisotopic (exact) mass is 520 g/mol. The summed E-state index contributed by atoms with van der Waals surface area (Å²) < 4.78 is 6.43. The Bertz CT molecular complexity index is 1190. The van der Waals surface area contributed by atoms with Crippen molar-refractivity contribution in [3.05, 3.63) is 54.6 Å². The lowest BCUT2D eigenvalue weighted by Gasteiger charge is -2.35. The van der Waals surface area contributed by atoms with Crippen LogP contribution in [0.4, 0.5) is 17.1 Å². The standard InChI is InChI=1S/C29H36N4O5/c1-4-32(5-2)21-13-11-20(12-14-21)31-27(36)25-29-16-15-22(38-29)23(24(29)28(37)33(25)18(3)17-34)26(35)30-19-9-7-6-8-10-19/h6-14,18,22-25,34H,4-5,15-17H2,1-3H3,(H,30,35)(H,31,36)/t18-,22-,23+,24+,25?,29?/m1/s1. The molecule has 202 valence electrons. The Hall–Kier alpha value is -3.43. The molecule has 6 atom stereocenters. The zero-order valence-electron chi connectivity index (χ0n) is 22.1. The Balaban J connectivity index is 1.42. The molecule has 0 radical (unpaired) electrons. The topological polar surface area (TPSA) is 111 Å². The highest BCUT2D eigenvalue weighted by atomic mass is 16.5. The van der Waals surface area contributed by atoms with Crippen LogP contribution in [0.3, 0.4) is 0 Å². The molecule has 2 aromatic rings. The van der Waals surface area contributed by atoms with E-state index in [-0.39, 0.29) is 24.3 Å². The molecule has 3 fully saturated rings. The van der Waals surface area contributed by atoms with Crippen LogP contribution in [0.1, 0.15) is 33.6 Å². The molecule has 9 heteroatoms. The van der Waals surface area contributed by atoms with Gasteiger partial charge >= 0.3 is 0 Å². The summed E-state index contributed by atoms with van der Waals surface area (Å²) in [6, 6.07) is 15.1. The van der Waals surface area contributed by atoms with Crippen LogP contribution in [0.2, 0.25) is 0 Å². The first-order valence-corrected chi connectivity index (χ1v) is 13.5. The van der Waals surface area contributed by atoms with Crippen LogP contribution in [0.25, 0.3) is 0 Å². The molecule has 2 aromatic carbocycles. The maximum Gasteiger partial charge on any atom is 0.250 e. The maximum atomic E-state index is 13.9. The number of nitrogens with zero attached hydrogens (tertiary/aromatic N) is 2. The van der Waals surface area contributed by atoms with Crippen molar-refractivity contribution < 1.29 is 24.2 Å². The molecule has 1 spiro atoms. The molecule has 9 nitrogen and oxygen atoms in total. The molecule has 0 aromatic heterocycles. The van der Waals surface area contributed by atoms with Crippen LogP contribution in [-0.2, 0) is 19.1 Å². The van der Waals surface area contributed by atoms with E-state index in [0.29, 0.717) is 24.2 Å².